The third-order valence-electron chi connectivity index (χ3n) is 4.86. The predicted octanol–water partition coefficient (Wildman–Crippen LogP) is 6.15. The molecular formula is C23H15F3N4OS. The van der Waals surface area contributed by atoms with E-state index in [9.17, 15) is 13.2 Å². The molecule has 0 fully saturated rings. The first-order valence-corrected chi connectivity index (χ1v) is 10.4. The molecule has 0 bridgehead atoms. The van der Waals surface area contributed by atoms with Gasteiger partial charge in [-0.25, -0.2) is 15.0 Å². The van der Waals surface area contributed by atoms with E-state index in [1.807, 2.05) is 59.2 Å². The average Bonchev–Trinajstić information content (AvgIpc) is 3.16. The van der Waals surface area contributed by atoms with Gasteiger partial charge in [0.05, 0.1) is 23.7 Å². The summed E-state index contributed by atoms with van der Waals surface area (Å²) in [6.07, 6.45) is -4.69. The van der Waals surface area contributed by atoms with Crippen LogP contribution >= 0.6 is 11.8 Å². The SMILES string of the molecule is COc1ccc2c(Sc3nc4ccccc4n3-c3ccccc3)nc(C(F)(F)F)nc2c1. The van der Waals surface area contributed by atoms with Gasteiger partial charge >= 0.3 is 6.18 Å². The minimum Gasteiger partial charge on any atom is -0.497 e. The standard InChI is InChI=1S/C23H15F3N4OS/c1-31-15-11-12-16-18(13-15)27-21(23(24,25)26)29-20(16)32-22-28-17-9-5-6-10-19(17)30(22)14-7-3-2-4-8-14/h2-13H,1H3. The van der Waals surface area contributed by atoms with Gasteiger partial charge in [0.25, 0.3) is 0 Å². The molecule has 3 aromatic carbocycles. The topological polar surface area (TPSA) is 52.8 Å². The lowest BCUT2D eigenvalue weighted by atomic mass is 10.2. The zero-order valence-electron chi connectivity index (χ0n) is 16.7. The van der Waals surface area contributed by atoms with E-state index < -0.39 is 12.0 Å². The lowest BCUT2D eigenvalue weighted by Crippen LogP contribution is -2.12. The number of para-hydroxylation sites is 3. The number of fused-ring (bicyclic) bond motifs is 2. The summed E-state index contributed by atoms with van der Waals surface area (Å²) in [4.78, 5) is 12.3. The van der Waals surface area contributed by atoms with E-state index in [-0.39, 0.29) is 10.5 Å². The van der Waals surface area contributed by atoms with Crippen LogP contribution in [0, 0.1) is 0 Å². The number of hydrogen-bond donors (Lipinski definition) is 0. The fourth-order valence-electron chi connectivity index (χ4n) is 3.40. The Kier molecular flexibility index (Phi) is 4.97. The highest BCUT2D eigenvalue weighted by atomic mass is 32.2. The molecule has 0 N–H and O–H groups in total. The Morgan fingerprint density at radius 3 is 2.34 bits per heavy atom. The second-order valence-electron chi connectivity index (χ2n) is 6.89. The first-order valence-electron chi connectivity index (χ1n) is 9.58. The number of benzene rings is 3. The molecule has 0 unspecified atom stereocenters. The van der Waals surface area contributed by atoms with Crippen molar-refractivity contribution in [1.82, 2.24) is 19.5 Å². The van der Waals surface area contributed by atoms with E-state index in [4.69, 9.17) is 4.74 Å². The van der Waals surface area contributed by atoms with Crippen LogP contribution in [-0.4, -0.2) is 26.6 Å². The first kappa shape index (κ1) is 20.3. The smallest absolute Gasteiger partial charge is 0.451 e. The van der Waals surface area contributed by atoms with Gasteiger partial charge in [0.2, 0.25) is 5.82 Å². The zero-order chi connectivity index (χ0) is 22.3. The summed E-state index contributed by atoms with van der Waals surface area (Å²) in [5, 5.41) is 1.15. The van der Waals surface area contributed by atoms with Gasteiger partial charge in [-0.2, -0.15) is 13.2 Å². The van der Waals surface area contributed by atoms with Crippen molar-refractivity contribution in [3.63, 3.8) is 0 Å². The van der Waals surface area contributed by atoms with Gasteiger partial charge in [0.15, 0.2) is 5.16 Å². The number of nitrogens with zero attached hydrogens (tertiary/aromatic N) is 4. The van der Waals surface area contributed by atoms with Crippen LogP contribution in [0.15, 0.2) is 83.0 Å². The Morgan fingerprint density at radius 2 is 1.59 bits per heavy atom. The molecule has 5 rings (SSSR count). The Bertz CT molecular complexity index is 1430. The average molecular weight is 452 g/mol. The molecule has 2 heterocycles. The van der Waals surface area contributed by atoms with Crippen LogP contribution in [0.5, 0.6) is 5.75 Å². The van der Waals surface area contributed by atoms with Crippen LogP contribution in [0.25, 0.3) is 27.6 Å². The molecule has 0 saturated heterocycles. The lowest BCUT2D eigenvalue weighted by molar-refractivity contribution is -0.145. The third-order valence-corrected chi connectivity index (χ3v) is 5.82. The van der Waals surface area contributed by atoms with E-state index in [1.165, 1.54) is 13.2 Å². The van der Waals surface area contributed by atoms with E-state index in [0.29, 0.717) is 16.3 Å². The summed E-state index contributed by atoms with van der Waals surface area (Å²) < 4.78 is 47.7. The molecular weight excluding hydrogens is 437 g/mol. The molecule has 32 heavy (non-hydrogen) atoms. The number of ether oxygens (including phenoxy) is 1. The third kappa shape index (κ3) is 3.64. The molecule has 0 amide bonds. The Balaban J connectivity index is 1.73. The fourth-order valence-corrected chi connectivity index (χ4v) is 4.42. The number of rotatable bonds is 4. The summed E-state index contributed by atoms with van der Waals surface area (Å²) in [5.74, 6) is -0.792. The minimum atomic E-state index is -4.69. The molecule has 0 aliphatic heterocycles. The quantitative estimate of drug-likeness (QED) is 0.306. The van der Waals surface area contributed by atoms with Crippen molar-refractivity contribution in [3.05, 3.63) is 78.6 Å². The van der Waals surface area contributed by atoms with Gasteiger partial charge < -0.3 is 4.74 Å². The summed E-state index contributed by atoms with van der Waals surface area (Å²) in [7, 11) is 1.45. The van der Waals surface area contributed by atoms with Crippen LogP contribution < -0.4 is 4.74 Å². The molecule has 0 atom stereocenters. The Hall–Kier alpha value is -3.59. The maximum atomic E-state index is 13.5. The van der Waals surface area contributed by atoms with Crippen molar-refractivity contribution in [2.45, 2.75) is 16.4 Å². The molecule has 5 aromatic rings. The summed E-state index contributed by atoms with van der Waals surface area (Å²) in [6.45, 7) is 0. The van der Waals surface area contributed by atoms with Crippen molar-refractivity contribution >= 4 is 33.7 Å². The van der Waals surface area contributed by atoms with E-state index in [2.05, 4.69) is 15.0 Å². The zero-order valence-corrected chi connectivity index (χ0v) is 17.5. The largest absolute Gasteiger partial charge is 0.497 e. The lowest BCUT2D eigenvalue weighted by Gasteiger charge is -2.12. The minimum absolute atomic E-state index is 0.150. The number of hydrogen-bond acceptors (Lipinski definition) is 5. The van der Waals surface area contributed by atoms with E-state index in [1.54, 1.807) is 12.1 Å². The van der Waals surface area contributed by atoms with Crippen molar-refractivity contribution in [2.24, 2.45) is 0 Å². The molecule has 0 saturated carbocycles. The van der Waals surface area contributed by atoms with Gasteiger partial charge in [-0.1, -0.05) is 30.3 Å². The summed E-state index contributed by atoms with van der Waals surface area (Å²) in [6, 6.07) is 21.9. The van der Waals surface area contributed by atoms with Crippen molar-refractivity contribution in [2.75, 3.05) is 7.11 Å². The molecule has 9 heteroatoms. The van der Waals surface area contributed by atoms with Crippen LogP contribution in [0.1, 0.15) is 5.82 Å². The maximum absolute atomic E-state index is 13.5. The number of methoxy groups -OCH3 is 1. The van der Waals surface area contributed by atoms with Gasteiger partial charge in [-0.3, -0.25) is 4.57 Å². The summed E-state index contributed by atoms with van der Waals surface area (Å²) >= 11 is 1.07. The van der Waals surface area contributed by atoms with Crippen LogP contribution in [-0.2, 0) is 6.18 Å². The van der Waals surface area contributed by atoms with Crippen molar-refractivity contribution in [3.8, 4) is 11.4 Å². The second kappa shape index (κ2) is 7.83. The first-order chi connectivity index (χ1) is 15.4. The maximum Gasteiger partial charge on any atom is 0.451 e. The molecule has 0 radical (unpaired) electrons. The number of alkyl halides is 3. The van der Waals surface area contributed by atoms with E-state index >= 15 is 0 Å². The second-order valence-corrected chi connectivity index (χ2v) is 7.85. The van der Waals surface area contributed by atoms with Crippen LogP contribution in [0.4, 0.5) is 13.2 Å². The molecule has 0 aliphatic rings. The van der Waals surface area contributed by atoms with Crippen molar-refractivity contribution < 1.29 is 17.9 Å². The summed E-state index contributed by atoms with van der Waals surface area (Å²) in [5.41, 5.74) is 2.57. The molecule has 2 aromatic heterocycles. The molecule has 0 aliphatic carbocycles. The molecule has 5 nitrogen and oxygen atoms in total. The number of halogens is 3. The van der Waals surface area contributed by atoms with Gasteiger partial charge in [0, 0.05) is 17.1 Å². The normalized spacial score (nSPS) is 11.9. The monoisotopic (exact) mass is 452 g/mol. The van der Waals surface area contributed by atoms with Gasteiger partial charge in [-0.15, -0.1) is 0 Å². The van der Waals surface area contributed by atoms with Crippen LogP contribution in [0.3, 0.4) is 0 Å². The molecule has 160 valence electrons. The number of aromatic nitrogens is 4. The van der Waals surface area contributed by atoms with Crippen LogP contribution in [0.2, 0.25) is 0 Å². The Labute approximate surface area is 184 Å². The molecule has 0 spiro atoms. The highest BCUT2D eigenvalue weighted by Gasteiger charge is 2.36. The Morgan fingerprint density at radius 1 is 0.844 bits per heavy atom. The highest BCUT2D eigenvalue weighted by molar-refractivity contribution is 7.99. The van der Waals surface area contributed by atoms with E-state index in [0.717, 1.165) is 28.5 Å². The van der Waals surface area contributed by atoms with Crippen molar-refractivity contribution in [1.29, 1.82) is 0 Å². The number of imidazole rings is 1. The fraction of sp³-hybridized carbons (Fsp3) is 0.0870. The highest BCUT2D eigenvalue weighted by Crippen LogP contribution is 2.38. The van der Waals surface area contributed by atoms with Gasteiger partial charge in [-0.05, 0) is 48.2 Å². The van der Waals surface area contributed by atoms with Gasteiger partial charge in [0.1, 0.15) is 10.8 Å². The predicted molar refractivity (Wildman–Crippen MR) is 116 cm³/mol.